The third kappa shape index (κ3) is 4.13. The molecule has 0 radical (unpaired) electrons. The first-order valence-electron chi connectivity index (χ1n) is 7.23. The molecule has 0 fully saturated rings. The highest BCUT2D eigenvalue weighted by atomic mass is 16.2. The van der Waals surface area contributed by atoms with E-state index >= 15 is 0 Å². The Kier molecular flexibility index (Phi) is 5.45. The molecule has 0 saturated heterocycles. The van der Waals surface area contributed by atoms with Gasteiger partial charge in [-0.15, -0.1) is 5.10 Å². The van der Waals surface area contributed by atoms with Gasteiger partial charge in [-0.1, -0.05) is 38.0 Å². The van der Waals surface area contributed by atoms with Crippen LogP contribution in [0.2, 0.25) is 0 Å². The standard InChI is InChI=1S/C15H21N5O/c1-2-3-7-12(10-16)18-15(21)14-11-17-20(19-14)13-8-5-4-6-9-13/h4-6,8-9,11-12H,2-3,7,10,16H2,1H3,(H,18,21). The Morgan fingerprint density at radius 1 is 1.38 bits per heavy atom. The van der Waals surface area contributed by atoms with Gasteiger partial charge in [0.1, 0.15) is 0 Å². The van der Waals surface area contributed by atoms with Gasteiger partial charge in [0.05, 0.1) is 11.9 Å². The van der Waals surface area contributed by atoms with Crippen molar-refractivity contribution < 1.29 is 4.79 Å². The van der Waals surface area contributed by atoms with Crippen LogP contribution in [0.25, 0.3) is 5.69 Å². The second-order valence-corrected chi connectivity index (χ2v) is 4.90. The minimum atomic E-state index is -0.233. The van der Waals surface area contributed by atoms with E-state index in [1.165, 1.54) is 11.0 Å². The maximum absolute atomic E-state index is 12.1. The van der Waals surface area contributed by atoms with E-state index in [2.05, 4.69) is 22.4 Å². The van der Waals surface area contributed by atoms with Crippen molar-refractivity contribution in [2.45, 2.75) is 32.2 Å². The molecule has 112 valence electrons. The number of benzene rings is 1. The Bertz CT molecular complexity index is 566. The van der Waals surface area contributed by atoms with Gasteiger partial charge < -0.3 is 11.1 Å². The lowest BCUT2D eigenvalue weighted by Gasteiger charge is -2.15. The van der Waals surface area contributed by atoms with Crippen molar-refractivity contribution in [2.75, 3.05) is 6.54 Å². The quantitative estimate of drug-likeness (QED) is 0.808. The molecule has 0 aliphatic heterocycles. The summed E-state index contributed by atoms with van der Waals surface area (Å²) in [6.07, 6.45) is 4.47. The molecule has 2 aromatic rings. The van der Waals surface area contributed by atoms with Crippen LogP contribution in [0, 0.1) is 0 Å². The first-order valence-corrected chi connectivity index (χ1v) is 7.23. The third-order valence-electron chi connectivity index (χ3n) is 3.24. The number of nitrogens with two attached hydrogens (primary N) is 1. The van der Waals surface area contributed by atoms with E-state index in [1.807, 2.05) is 30.3 Å². The molecule has 6 heteroatoms. The number of nitrogens with one attached hydrogen (secondary N) is 1. The molecule has 1 atom stereocenters. The summed E-state index contributed by atoms with van der Waals surface area (Å²) in [6, 6.07) is 9.46. The summed E-state index contributed by atoms with van der Waals surface area (Å²) in [5.74, 6) is -0.233. The van der Waals surface area contributed by atoms with Crippen molar-refractivity contribution in [3.63, 3.8) is 0 Å². The zero-order valence-electron chi connectivity index (χ0n) is 12.2. The minimum absolute atomic E-state index is 0.0145. The fourth-order valence-electron chi connectivity index (χ4n) is 2.01. The van der Waals surface area contributed by atoms with Gasteiger partial charge in [-0.3, -0.25) is 4.79 Å². The Morgan fingerprint density at radius 2 is 2.14 bits per heavy atom. The monoisotopic (exact) mass is 287 g/mol. The van der Waals surface area contributed by atoms with E-state index < -0.39 is 0 Å². The van der Waals surface area contributed by atoms with Gasteiger partial charge >= 0.3 is 0 Å². The molecule has 3 N–H and O–H groups in total. The first-order chi connectivity index (χ1) is 10.2. The van der Waals surface area contributed by atoms with Crippen molar-refractivity contribution in [1.29, 1.82) is 0 Å². The molecule has 1 heterocycles. The summed E-state index contributed by atoms with van der Waals surface area (Å²) in [4.78, 5) is 13.6. The number of hydrogen-bond donors (Lipinski definition) is 2. The molecular weight excluding hydrogens is 266 g/mol. The van der Waals surface area contributed by atoms with Crippen LogP contribution in [0.4, 0.5) is 0 Å². The highest BCUT2D eigenvalue weighted by Crippen LogP contribution is 2.05. The molecule has 0 spiro atoms. The summed E-state index contributed by atoms with van der Waals surface area (Å²) in [5.41, 5.74) is 6.80. The molecule has 1 aromatic carbocycles. The van der Waals surface area contributed by atoms with Gasteiger partial charge in [-0.05, 0) is 18.6 Å². The molecule has 1 unspecified atom stereocenters. The maximum atomic E-state index is 12.1. The lowest BCUT2D eigenvalue weighted by molar-refractivity contribution is 0.0930. The molecular formula is C15H21N5O. The van der Waals surface area contributed by atoms with E-state index in [9.17, 15) is 4.79 Å². The van der Waals surface area contributed by atoms with Gasteiger partial charge in [0.15, 0.2) is 5.69 Å². The number of aromatic nitrogens is 3. The Balaban J connectivity index is 2.02. The molecule has 2 rings (SSSR count). The highest BCUT2D eigenvalue weighted by molar-refractivity contribution is 5.92. The SMILES string of the molecule is CCCCC(CN)NC(=O)c1cnn(-c2ccccc2)n1. The molecule has 6 nitrogen and oxygen atoms in total. The number of carbonyl (C=O) groups is 1. The van der Waals surface area contributed by atoms with Gasteiger partial charge in [-0.2, -0.15) is 9.90 Å². The smallest absolute Gasteiger partial charge is 0.273 e. The van der Waals surface area contributed by atoms with Gasteiger partial charge in [-0.25, -0.2) is 0 Å². The fraction of sp³-hybridized carbons (Fsp3) is 0.400. The number of rotatable bonds is 7. The van der Waals surface area contributed by atoms with Crippen LogP contribution >= 0.6 is 0 Å². The number of amides is 1. The zero-order chi connectivity index (χ0) is 15.1. The second-order valence-electron chi connectivity index (χ2n) is 4.90. The van der Waals surface area contributed by atoms with E-state index in [-0.39, 0.29) is 11.9 Å². The van der Waals surface area contributed by atoms with Gasteiger partial charge in [0, 0.05) is 12.6 Å². The molecule has 0 aliphatic rings. The number of carbonyl (C=O) groups excluding carboxylic acids is 1. The van der Waals surface area contributed by atoms with Gasteiger partial charge in [0.2, 0.25) is 0 Å². The van der Waals surface area contributed by atoms with Crippen molar-refractivity contribution >= 4 is 5.91 Å². The summed E-state index contributed by atoms with van der Waals surface area (Å²) < 4.78 is 0. The van der Waals surface area contributed by atoms with Crippen LogP contribution in [0.3, 0.4) is 0 Å². The molecule has 21 heavy (non-hydrogen) atoms. The molecule has 1 aromatic heterocycles. The van der Waals surface area contributed by atoms with E-state index in [0.717, 1.165) is 24.9 Å². The highest BCUT2D eigenvalue weighted by Gasteiger charge is 2.15. The van der Waals surface area contributed by atoms with Crippen LogP contribution < -0.4 is 11.1 Å². The number of unbranched alkanes of at least 4 members (excludes halogenated alkanes) is 1. The summed E-state index contributed by atoms with van der Waals surface area (Å²) in [7, 11) is 0. The minimum Gasteiger partial charge on any atom is -0.347 e. The Labute approximate surface area is 124 Å². The predicted octanol–water partition coefficient (Wildman–Crippen LogP) is 1.51. The average molecular weight is 287 g/mol. The normalized spacial score (nSPS) is 12.1. The van der Waals surface area contributed by atoms with Crippen LogP contribution in [0.1, 0.15) is 36.7 Å². The van der Waals surface area contributed by atoms with Crippen molar-refractivity contribution in [3.05, 3.63) is 42.2 Å². The van der Waals surface area contributed by atoms with Crippen molar-refractivity contribution in [1.82, 2.24) is 20.3 Å². The van der Waals surface area contributed by atoms with E-state index in [4.69, 9.17) is 5.73 Å². The zero-order valence-corrected chi connectivity index (χ0v) is 12.2. The Morgan fingerprint density at radius 3 is 2.81 bits per heavy atom. The average Bonchev–Trinajstić information content (AvgIpc) is 3.02. The second kappa shape index (κ2) is 7.54. The van der Waals surface area contributed by atoms with Crippen molar-refractivity contribution in [3.8, 4) is 5.69 Å². The lowest BCUT2D eigenvalue weighted by atomic mass is 10.1. The molecule has 0 aliphatic carbocycles. The summed E-state index contributed by atoms with van der Waals surface area (Å²) in [6.45, 7) is 2.54. The molecule has 0 saturated carbocycles. The third-order valence-corrected chi connectivity index (χ3v) is 3.24. The number of hydrogen-bond acceptors (Lipinski definition) is 4. The maximum Gasteiger partial charge on any atom is 0.273 e. The van der Waals surface area contributed by atoms with Crippen LogP contribution in [-0.2, 0) is 0 Å². The van der Waals surface area contributed by atoms with Crippen LogP contribution in [0.5, 0.6) is 0 Å². The first kappa shape index (κ1) is 15.2. The van der Waals surface area contributed by atoms with Crippen LogP contribution in [0.15, 0.2) is 36.5 Å². The lowest BCUT2D eigenvalue weighted by Crippen LogP contribution is -2.40. The summed E-state index contributed by atoms with van der Waals surface area (Å²) >= 11 is 0. The van der Waals surface area contributed by atoms with Gasteiger partial charge in [0.25, 0.3) is 5.91 Å². The summed E-state index contributed by atoms with van der Waals surface area (Å²) in [5, 5.41) is 11.2. The van der Waals surface area contributed by atoms with Crippen LogP contribution in [-0.4, -0.2) is 33.5 Å². The van der Waals surface area contributed by atoms with E-state index in [0.29, 0.717) is 12.2 Å². The topological polar surface area (TPSA) is 85.8 Å². The Hall–Kier alpha value is -2.21. The number of nitrogens with zero attached hydrogens (tertiary/aromatic N) is 3. The number of para-hydroxylation sites is 1. The molecule has 1 amide bonds. The van der Waals surface area contributed by atoms with Crippen molar-refractivity contribution in [2.24, 2.45) is 5.73 Å². The van der Waals surface area contributed by atoms with E-state index in [1.54, 1.807) is 0 Å². The molecule has 0 bridgehead atoms. The fourth-order valence-corrected chi connectivity index (χ4v) is 2.01. The predicted molar refractivity (Wildman–Crippen MR) is 81.2 cm³/mol. The largest absolute Gasteiger partial charge is 0.347 e.